The molecular formula is C17H19N3O3S. The van der Waals surface area contributed by atoms with Gasteiger partial charge in [0.25, 0.3) is 5.91 Å². The molecule has 1 aliphatic heterocycles. The number of rotatable bonds is 3. The number of nitrogens with one attached hydrogen (secondary N) is 1. The maximum atomic E-state index is 12.4. The van der Waals surface area contributed by atoms with Crippen LogP contribution in [0, 0.1) is 0 Å². The van der Waals surface area contributed by atoms with Crippen molar-refractivity contribution in [3.05, 3.63) is 29.3 Å². The summed E-state index contributed by atoms with van der Waals surface area (Å²) >= 11 is 1.47. The third-order valence-electron chi connectivity index (χ3n) is 4.43. The van der Waals surface area contributed by atoms with Crippen LogP contribution in [0.2, 0.25) is 0 Å². The van der Waals surface area contributed by atoms with E-state index in [2.05, 4.69) is 15.5 Å². The molecule has 1 N–H and O–H groups in total. The third kappa shape index (κ3) is 3.21. The van der Waals surface area contributed by atoms with E-state index in [9.17, 15) is 4.79 Å². The van der Waals surface area contributed by atoms with E-state index in [0.717, 1.165) is 5.01 Å². The molecule has 1 aliphatic carbocycles. The summed E-state index contributed by atoms with van der Waals surface area (Å²) in [5.74, 6) is 1.49. The number of carbonyl (C=O) groups is 1. The molecule has 0 saturated heterocycles. The van der Waals surface area contributed by atoms with E-state index in [-0.39, 0.29) is 12.5 Å². The summed E-state index contributed by atoms with van der Waals surface area (Å²) < 4.78 is 11.3. The third-order valence-corrected chi connectivity index (χ3v) is 5.43. The predicted octanol–water partition coefficient (Wildman–Crippen LogP) is 3.36. The highest BCUT2D eigenvalue weighted by Crippen LogP contribution is 2.35. The molecule has 126 valence electrons. The molecule has 4 rings (SSSR count). The molecule has 1 saturated carbocycles. The Morgan fingerprint density at radius 1 is 1.12 bits per heavy atom. The van der Waals surface area contributed by atoms with Crippen LogP contribution < -0.4 is 14.8 Å². The average molecular weight is 345 g/mol. The van der Waals surface area contributed by atoms with Crippen LogP contribution >= 0.6 is 11.3 Å². The number of hydrogen-bond acceptors (Lipinski definition) is 6. The monoisotopic (exact) mass is 345 g/mol. The van der Waals surface area contributed by atoms with Crippen LogP contribution in [-0.2, 0) is 4.79 Å². The molecule has 1 atom stereocenters. The molecule has 0 radical (unpaired) electrons. The summed E-state index contributed by atoms with van der Waals surface area (Å²) in [6.07, 6.45) is 5.45. The molecule has 1 aromatic heterocycles. The number of fused-ring (bicyclic) bond motifs is 1. The first-order valence-electron chi connectivity index (χ1n) is 8.32. The van der Waals surface area contributed by atoms with Gasteiger partial charge in [-0.05, 0) is 25.0 Å². The van der Waals surface area contributed by atoms with Gasteiger partial charge in [-0.1, -0.05) is 42.7 Å². The second kappa shape index (κ2) is 6.76. The fourth-order valence-corrected chi connectivity index (χ4v) is 4.05. The molecule has 7 heteroatoms. The van der Waals surface area contributed by atoms with E-state index in [1.54, 1.807) is 6.07 Å². The molecule has 0 spiro atoms. The van der Waals surface area contributed by atoms with Crippen LogP contribution in [0.1, 0.15) is 43.0 Å². The molecule has 2 aromatic rings. The normalized spacial score (nSPS) is 20.6. The van der Waals surface area contributed by atoms with Gasteiger partial charge in [0.1, 0.15) is 11.6 Å². The first-order valence-corrected chi connectivity index (χ1v) is 9.14. The molecule has 0 bridgehead atoms. The second-order valence-corrected chi connectivity index (χ2v) is 7.14. The van der Waals surface area contributed by atoms with E-state index in [1.807, 2.05) is 18.2 Å². The van der Waals surface area contributed by atoms with Gasteiger partial charge in [0.2, 0.25) is 11.2 Å². The number of amides is 1. The van der Waals surface area contributed by atoms with E-state index in [4.69, 9.17) is 9.47 Å². The number of para-hydroxylation sites is 2. The zero-order valence-electron chi connectivity index (χ0n) is 13.2. The predicted molar refractivity (Wildman–Crippen MR) is 90.7 cm³/mol. The number of ether oxygens (including phenoxy) is 2. The smallest absolute Gasteiger partial charge is 0.270 e. The van der Waals surface area contributed by atoms with Crippen molar-refractivity contribution in [2.75, 3.05) is 11.9 Å². The molecule has 1 aromatic carbocycles. The average Bonchev–Trinajstić information content (AvgIpc) is 3.10. The Hall–Kier alpha value is -2.15. The Morgan fingerprint density at radius 2 is 1.92 bits per heavy atom. The molecule has 1 fully saturated rings. The van der Waals surface area contributed by atoms with Crippen molar-refractivity contribution in [3.8, 4) is 11.5 Å². The van der Waals surface area contributed by atoms with Crippen molar-refractivity contribution >= 4 is 22.4 Å². The standard InChI is InChI=1S/C17H19N3O3S/c21-15(14-10-22-12-8-4-5-9-13(12)23-14)18-17-20-19-16(24-17)11-6-2-1-3-7-11/h4-5,8-9,11,14H,1-3,6-7,10H2,(H,18,20,21)/t14-/m0/s1. The van der Waals surface area contributed by atoms with Gasteiger partial charge in [-0.3, -0.25) is 10.1 Å². The Labute approximate surface area is 144 Å². The van der Waals surface area contributed by atoms with Gasteiger partial charge in [-0.2, -0.15) is 0 Å². The highest BCUT2D eigenvalue weighted by atomic mass is 32.1. The van der Waals surface area contributed by atoms with Crippen molar-refractivity contribution in [3.63, 3.8) is 0 Å². The molecule has 2 aliphatic rings. The van der Waals surface area contributed by atoms with Crippen LogP contribution in [0.3, 0.4) is 0 Å². The Balaban J connectivity index is 1.39. The number of anilines is 1. The lowest BCUT2D eigenvalue weighted by atomic mass is 9.90. The van der Waals surface area contributed by atoms with Gasteiger partial charge in [0.05, 0.1) is 0 Å². The van der Waals surface area contributed by atoms with Gasteiger partial charge >= 0.3 is 0 Å². The molecule has 0 unspecified atom stereocenters. The number of nitrogens with zero attached hydrogens (tertiary/aromatic N) is 2. The lowest BCUT2D eigenvalue weighted by Crippen LogP contribution is -2.40. The molecule has 1 amide bonds. The maximum Gasteiger partial charge on any atom is 0.270 e. The van der Waals surface area contributed by atoms with E-state index < -0.39 is 6.10 Å². The molecular weight excluding hydrogens is 326 g/mol. The molecule has 6 nitrogen and oxygen atoms in total. The largest absolute Gasteiger partial charge is 0.485 e. The highest BCUT2D eigenvalue weighted by Gasteiger charge is 2.28. The summed E-state index contributed by atoms with van der Waals surface area (Å²) in [5.41, 5.74) is 0. The summed E-state index contributed by atoms with van der Waals surface area (Å²) in [6, 6.07) is 7.34. The zero-order chi connectivity index (χ0) is 16.4. The summed E-state index contributed by atoms with van der Waals surface area (Å²) in [5, 5.41) is 12.7. The fraction of sp³-hybridized carbons (Fsp3) is 0.471. The Morgan fingerprint density at radius 3 is 2.75 bits per heavy atom. The van der Waals surface area contributed by atoms with Crippen molar-refractivity contribution in [1.82, 2.24) is 10.2 Å². The fourth-order valence-electron chi connectivity index (χ4n) is 3.13. The van der Waals surface area contributed by atoms with Gasteiger partial charge in [0.15, 0.2) is 11.5 Å². The number of aromatic nitrogens is 2. The molecule has 2 heterocycles. The van der Waals surface area contributed by atoms with E-state index in [0.29, 0.717) is 22.5 Å². The minimum Gasteiger partial charge on any atom is -0.485 e. The van der Waals surface area contributed by atoms with Crippen LogP contribution in [0.4, 0.5) is 5.13 Å². The maximum absolute atomic E-state index is 12.4. The van der Waals surface area contributed by atoms with Crippen molar-refractivity contribution in [2.24, 2.45) is 0 Å². The Kier molecular flexibility index (Phi) is 4.34. The minimum atomic E-state index is -0.679. The summed E-state index contributed by atoms with van der Waals surface area (Å²) in [6.45, 7) is 0.192. The Bertz CT molecular complexity index is 727. The van der Waals surface area contributed by atoms with Crippen molar-refractivity contribution in [2.45, 2.75) is 44.1 Å². The van der Waals surface area contributed by atoms with Gasteiger partial charge in [-0.15, -0.1) is 10.2 Å². The van der Waals surface area contributed by atoms with E-state index >= 15 is 0 Å². The summed E-state index contributed by atoms with van der Waals surface area (Å²) in [4.78, 5) is 12.4. The number of carbonyl (C=O) groups excluding carboxylic acids is 1. The second-order valence-electron chi connectivity index (χ2n) is 6.13. The summed E-state index contributed by atoms with van der Waals surface area (Å²) in [7, 11) is 0. The number of hydrogen-bond donors (Lipinski definition) is 1. The quantitative estimate of drug-likeness (QED) is 0.923. The van der Waals surface area contributed by atoms with Crippen molar-refractivity contribution < 1.29 is 14.3 Å². The van der Waals surface area contributed by atoms with Crippen LogP contribution in [0.15, 0.2) is 24.3 Å². The molecule has 24 heavy (non-hydrogen) atoms. The van der Waals surface area contributed by atoms with Crippen molar-refractivity contribution in [1.29, 1.82) is 0 Å². The van der Waals surface area contributed by atoms with Crippen LogP contribution in [-0.4, -0.2) is 28.8 Å². The zero-order valence-corrected chi connectivity index (χ0v) is 14.1. The van der Waals surface area contributed by atoms with Crippen LogP contribution in [0.25, 0.3) is 0 Å². The first kappa shape index (κ1) is 15.4. The van der Waals surface area contributed by atoms with Gasteiger partial charge in [-0.25, -0.2) is 0 Å². The van der Waals surface area contributed by atoms with Gasteiger partial charge < -0.3 is 9.47 Å². The first-order chi connectivity index (χ1) is 11.8. The van der Waals surface area contributed by atoms with Crippen LogP contribution in [0.5, 0.6) is 11.5 Å². The SMILES string of the molecule is O=C(Nc1nnc(C2CCCCC2)s1)[C@@H]1COc2ccccc2O1. The van der Waals surface area contributed by atoms with Gasteiger partial charge in [0, 0.05) is 5.92 Å². The number of benzene rings is 1. The minimum absolute atomic E-state index is 0.192. The lowest BCUT2D eigenvalue weighted by Gasteiger charge is -2.25. The topological polar surface area (TPSA) is 73.3 Å². The lowest BCUT2D eigenvalue weighted by molar-refractivity contribution is -0.125. The highest BCUT2D eigenvalue weighted by molar-refractivity contribution is 7.15. The van der Waals surface area contributed by atoms with E-state index in [1.165, 1.54) is 43.4 Å².